The molecule has 22 heavy (non-hydrogen) atoms. The number of benzene rings is 1. The van der Waals surface area contributed by atoms with Gasteiger partial charge in [-0.3, -0.25) is 19.7 Å². The molecule has 1 aliphatic rings. The van der Waals surface area contributed by atoms with Crippen molar-refractivity contribution in [1.82, 2.24) is 0 Å². The molecule has 0 saturated heterocycles. The second-order valence-electron chi connectivity index (χ2n) is 5.57. The number of carbonyl (C=O) groups excluding carboxylic acids is 1. The molecule has 118 valence electrons. The van der Waals surface area contributed by atoms with Gasteiger partial charge in [0.05, 0.1) is 10.8 Å². The monoisotopic (exact) mass is 306 g/mol. The van der Waals surface area contributed by atoms with Gasteiger partial charge in [-0.2, -0.15) is 0 Å². The number of rotatable bonds is 5. The van der Waals surface area contributed by atoms with E-state index in [9.17, 15) is 19.7 Å². The molecule has 0 aromatic heterocycles. The summed E-state index contributed by atoms with van der Waals surface area (Å²) in [7, 11) is 0. The van der Waals surface area contributed by atoms with E-state index >= 15 is 0 Å². The van der Waals surface area contributed by atoms with E-state index in [1.165, 1.54) is 25.1 Å². The molecule has 0 aliphatic heterocycles. The number of nitrogens with zero attached hydrogens (tertiary/aromatic N) is 1. The van der Waals surface area contributed by atoms with E-state index in [2.05, 4.69) is 5.32 Å². The van der Waals surface area contributed by atoms with E-state index in [0.717, 1.165) is 0 Å². The second kappa shape index (κ2) is 6.55. The first kappa shape index (κ1) is 15.9. The number of ketones is 1. The Morgan fingerprint density at radius 3 is 2.41 bits per heavy atom. The zero-order valence-electron chi connectivity index (χ0n) is 12.2. The maximum atomic E-state index is 11.7. The third kappa shape index (κ3) is 3.60. The van der Waals surface area contributed by atoms with Crippen molar-refractivity contribution >= 4 is 23.1 Å². The lowest BCUT2D eigenvalue weighted by atomic mass is 9.86. The van der Waals surface area contributed by atoms with Crippen LogP contribution in [0.3, 0.4) is 0 Å². The molecule has 1 aromatic rings. The van der Waals surface area contributed by atoms with Crippen molar-refractivity contribution in [3.63, 3.8) is 0 Å². The molecule has 2 N–H and O–H groups in total. The van der Waals surface area contributed by atoms with E-state index in [0.29, 0.717) is 31.4 Å². The zero-order chi connectivity index (χ0) is 16.3. The number of nitro benzene ring substituents is 1. The first-order valence-electron chi connectivity index (χ1n) is 7.17. The average molecular weight is 306 g/mol. The van der Waals surface area contributed by atoms with Crippen LogP contribution in [0.2, 0.25) is 0 Å². The van der Waals surface area contributed by atoms with Crippen LogP contribution >= 0.6 is 0 Å². The molecule has 0 radical (unpaired) electrons. The minimum absolute atomic E-state index is 0.0788. The molecule has 2 rings (SSSR count). The van der Waals surface area contributed by atoms with Crippen LogP contribution in [0, 0.1) is 16.0 Å². The second-order valence-corrected chi connectivity index (χ2v) is 5.57. The normalized spacial score (nSPS) is 21.1. The number of hydrogen-bond acceptors (Lipinski definition) is 5. The van der Waals surface area contributed by atoms with Crippen LogP contribution in [-0.2, 0) is 4.79 Å². The van der Waals surface area contributed by atoms with E-state index in [-0.39, 0.29) is 29.0 Å². The summed E-state index contributed by atoms with van der Waals surface area (Å²) in [5.74, 6) is -1.31. The van der Waals surface area contributed by atoms with Crippen molar-refractivity contribution in [2.75, 3.05) is 5.32 Å². The molecule has 1 fully saturated rings. The van der Waals surface area contributed by atoms with Gasteiger partial charge in [-0.05, 0) is 38.7 Å². The van der Waals surface area contributed by atoms with Gasteiger partial charge < -0.3 is 10.4 Å². The number of carbonyl (C=O) groups is 2. The predicted octanol–water partition coefficient (Wildman–Crippen LogP) is 2.85. The van der Waals surface area contributed by atoms with E-state index < -0.39 is 10.9 Å². The quantitative estimate of drug-likeness (QED) is 0.492. The van der Waals surface area contributed by atoms with Crippen LogP contribution in [0.4, 0.5) is 11.4 Å². The fourth-order valence-corrected chi connectivity index (χ4v) is 2.77. The molecule has 1 aliphatic carbocycles. The van der Waals surface area contributed by atoms with Crippen molar-refractivity contribution < 1.29 is 19.6 Å². The summed E-state index contributed by atoms with van der Waals surface area (Å²) in [6.45, 7) is 1.37. The Labute approximate surface area is 127 Å². The zero-order valence-corrected chi connectivity index (χ0v) is 12.2. The van der Waals surface area contributed by atoms with Gasteiger partial charge in [0.1, 0.15) is 0 Å². The van der Waals surface area contributed by atoms with E-state index in [1.54, 1.807) is 0 Å². The molecule has 0 spiro atoms. The Kier molecular flexibility index (Phi) is 4.75. The van der Waals surface area contributed by atoms with Crippen LogP contribution in [0.25, 0.3) is 0 Å². The lowest BCUT2D eigenvalue weighted by Gasteiger charge is -2.28. The number of nitro groups is 1. The highest BCUT2D eigenvalue weighted by atomic mass is 16.6. The molecule has 0 amide bonds. The van der Waals surface area contributed by atoms with Crippen LogP contribution in [0.1, 0.15) is 43.0 Å². The van der Waals surface area contributed by atoms with Gasteiger partial charge in [0.2, 0.25) is 0 Å². The van der Waals surface area contributed by atoms with Crippen molar-refractivity contribution in [3.05, 3.63) is 33.9 Å². The number of aliphatic carboxylic acids is 1. The summed E-state index contributed by atoms with van der Waals surface area (Å²) in [6.07, 6.45) is 2.58. The number of carboxylic acids is 1. The van der Waals surface area contributed by atoms with Gasteiger partial charge in [-0.15, -0.1) is 0 Å². The lowest BCUT2D eigenvalue weighted by Crippen LogP contribution is -2.29. The largest absolute Gasteiger partial charge is 0.481 e. The molecule has 7 nitrogen and oxygen atoms in total. The number of Topliss-reactive ketones (excluding diaryl/α,β-unsaturated/α-hetero) is 1. The molecular weight excluding hydrogens is 288 g/mol. The Morgan fingerprint density at radius 1 is 1.27 bits per heavy atom. The van der Waals surface area contributed by atoms with Crippen molar-refractivity contribution in [2.45, 2.75) is 38.6 Å². The van der Waals surface area contributed by atoms with Gasteiger partial charge in [0.25, 0.3) is 5.69 Å². The summed E-state index contributed by atoms with van der Waals surface area (Å²) in [5.41, 5.74) is 0.733. The molecular formula is C15H18N2O5. The van der Waals surface area contributed by atoms with Crippen LogP contribution in [0.15, 0.2) is 18.2 Å². The van der Waals surface area contributed by atoms with Gasteiger partial charge in [-0.1, -0.05) is 0 Å². The third-order valence-corrected chi connectivity index (χ3v) is 4.03. The topological polar surface area (TPSA) is 110 Å². The fraction of sp³-hybridized carbons (Fsp3) is 0.467. The third-order valence-electron chi connectivity index (χ3n) is 4.03. The van der Waals surface area contributed by atoms with Gasteiger partial charge in [-0.25, -0.2) is 0 Å². The maximum absolute atomic E-state index is 11.7. The number of anilines is 1. The minimum atomic E-state index is -0.766. The first-order valence-corrected chi connectivity index (χ1v) is 7.17. The average Bonchev–Trinajstić information content (AvgIpc) is 2.47. The molecule has 1 saturated carbocycles. The Balaban J connectivity index is 2.11. The summed E-state index contributed by atoms with van der Waals surface area (Å²) in [4.78, 5) is 32.9. The number of non-ortho nitro benzene ring substituents is 1. The van der Waals surface area contributed by atoms with Gasteiger partial charge >= 0.3 is 5.97 Å². The minimum Gasteiger partial charge on any atom is -0.481 e. The van der Waals surface area contributed by atoms with Crippen molar-refractivity contribution in [2.24, 2.45) is 5.92 Å². The van der Waals surface area contributed by atoms with Crippen molar-refractivity contribution in [3.8, 4) is 0 Å². The van der Waals surface area contributed by atoms with Gasteiger partial charge in [0.15, 0.2) is 5.78 Å². The number of hydrogen-bond donors (Lipinski definition) is 2. The number of carboxylic acid groups (broad SMARTS) is 1. The summed E-state index contributed by atoms with van der Waals surface area (Å²) >= 11 is 0. The Hall–Kier alpha value is -2.44. The standard InChI is InChI=1S/C15H18N2O5/c1-9(18)13-8-12(17(21)22)6-7-14(13)16-11-4-2-10(3-5-11)15(19)20/h6-8,10-11,16H,2-5H2,1H3,(H,19,20). The smallest absolute Gasteiger partial charge is 0.306 e. The molecule has 1 aromatic carbocycles. The van der Waals surface area contributed by atoms with E-state index in [1.807, 2.05) is 0 Å². The maximum Gasteiger partial charge on any atom is 0.306 e. The summed E-state index contributed by atoms with van der Waals surface area (Å²) in [5, 5.41) is 23.0. The van der Waals surface area contributed by atoms with E-state index in [4.69, 9.17) is 5.11 Å². The highest BCUT2D eigenvalue weighted by molar-refractivity contribution is 6.00. The highest BCUT2D eigenvalue weighted by Gasteiger charge is 2.26. The predicted molar refractivity (Wildman–Crippen MR) is 80.1 cm³/mol. The van der Waals surface area contributed by atoms with Crippen LogP contribution in [0.5, 0.6) is 0 Å². The summed E-state index contributed by atoms with van der Waals surface area (Å²) < 4.78 is 0. The Morgan fingerprint density at radius 2 is 1.91 bits per heavy atom. The summed E-state index contributed by atoms with van der Waals surface area (Å²) in [6, 6.07) is 4.25. The number of nitrogens with one attached hydrogen (secondary N) is 1. The van der Waals surface area contributed by atoms with Crippen LogP contribution < -0.4 is 5.32 Å². The SMILES string of the molecule is CC(=O)c1cc([N+](=O)[O-])ccc1NC1CCC(C(=O)O)CC1. The van der Waals surface area contributed by atoms with Gasteiger partial charge in [0, 0.05) is 29.4 Å². The molecule has 0 heterocycles. The highest BCUT2D eigenvalue weighted by Crippen LogP contribution is 2.29. The van der Waals surface area contributed by atoms with Crippen molar-refractivity contribution in [1.29, 1.82) is 0 Å². The Bertz CT molecular complexity index is 606. The van der Waals surface area contributed by atoms with Crippen LogP contribution in [-0.4, -0.2) is 27.8 Å². The lowest BCUT2D eigenvalue weighted by molar-refractivity contribution is -0.384. The molecule has 7 heteroatoms. The molecule has 0 bridgehead atoms. The molecule has 0 unspecified atom stereocenters. The molecule has 0 atom stereocenters. The fourth-order valence-electron chi connectivity index (χ4n) is 2.77. The first-order chi connectivity index (χ1) is 10.4.